The van der Waals surface area contributed by atoms with Crippen molar-refractivity contribution in [1.82, 2.24) is 4.90 Å². The molecule has 0 radical (unpaired) electrons. The number of hydrogen-bond donors (Lipinski definition) is 0. The van der Waals surface area contributed by atoms with Gasteiger partial charge in [0.25, 0.3) is 0 Å². The van der Waals surface area contributed by atoms with Gasteiger partial charge >= 0.3 is 12.1 Å². The molecule has 1 fully saturated rings. The van der Waals surface area contributed by atoms with Crippen molar-refractivity contribution in [2.75, 3.05) is 19.8 Å². The van der Waals surface area contributed by atoms with Crippen molar-refractivity contribution >= 4 is 17.6 Å². The fourth-order valence-corrected chi connectivity index (χ4v) is 5.33. The minimum Gasteiger partial charge on any atom is -0.493 e. The molecule has 0 N–H and O–H groups in total. The molecule has 36 heavy (non-hydrogen) atoms. The summed E-state index contributed by atoms with van der Waals surface area (Å²) in [5.41, 5.74) is 4.29. The average molecular weight is 492 g/mol. The quantitative estimate of drug-likeness (QED) is 0.294. The van der Waals surface area contributed by atoms with E-state index < -0.39 is 12.1 Å². The van der Waals surface area contributed by atoms with Gasteiger partial charge in [0, 0.05) is 18.4 Å². The van der Waals surface area contributed by atoms with Gasteiger partial charge in [-0.2, -0.15) is 0 Å². The third-order valence-corrected chi connectivity index (χ3v) is 7.14. The van der Waals surface area contributed by atoms with Crippen LogP contribution in [0.5, 0.6) is 5.75 Å². The molecule has 1 aliphatic carbocycles. The second kappa shape index (κ2) is 12.1. The molecule has 0 aromatic heterocycles. The van der Waals surface area contributed by atoms with Gasteiger partial charge in [-0.15, -0.1) is 0 Å². The Morgan fingerprint density at radius 1 is 1.03 bits per heavy atom. The first kappa shape index (κ1) is 25.8. The number of benzene rings is 2. The summed E-state index contributed by atoms with van der Waals surface area (Å²) in [7, 11) is 0. The number of carbonyl (C=O) groups is 2. The first-order valence-electron chi connectivity index (χ1n) is 13.1. The van der Waals surface area contributed by atoms with Crippen molar-refractivity contribution in [1.29, 1.82) is 0 Å². The Morgan fingerprint density at radius 3 is 2.56 bits per heavy atom. The molecule has 2 aromatic rings. The number of amides is 1. The van der Waals surface area contributed by atoms with Gasteiger partial charge < -0.3 is 14.2 Å². The topological polar surface area (TPSA) is 65.1 Å². The van der Waals surface area contributed by atoms with E-state index in [2.05, 4.69) is 32.1 Å². The maximum Gasteiger partial charge on any atom is 0.410 e. The standard InChI is InChI=1S/C30H37NO5/c1-4-6-10-17-35-27-16-13-23(18-21(27)3)24-14-15-25-26(24)19-31(28(25)29(32)34-5-2)30(33)36-20-22-11-8-7-9-12-22/h7-9,11-14,16,18,25-26,28H,4-6,10,15,17,19-20H2,1-3H3/t25-,26+,28-/m0/s1. The van der Waals surface area contributed by atoms with Crippen molar-refractivity contribution in [3.05, 3.63) is 71.3 Å². The van der Waals surface area contributed by atoms with Gasteiger partial charge in [0.2, 0.25) is 0 Å². The summed E-state index contributed by atoms with van der Waals surface area (Å²) < 4.78 is 17.0. The smallest absolute Gasteiger partial charge is 0.410 e. The van der Waals surface area contributed by atoms with E-state index >= 15 is 0 Å². The molecule has 1 heterocycles. The van der Waals surface area contributed by atoms with Gasteiger partial charge in [-0.05, 0) is 61.1 Å². The lowest BCUT2D eigenvalue weighted by molar-refractivity contribution is -0.149. The number of unbranched alkanes of at least 4 members (excludes halogenated alkanes) is 2. The minimum absolute atomic E-state index is 0.0198. The normalized spacial score (nSPS) is 20.6. The molecule has 0 unspecified atom stereocenters. The molecule has 0 saturated carbocycles. The molecular weight excluding hydrogens is 454 g/mol. The van der Waals surface area contributed by atoms with Crippen molar-refractivity contribution in [2.45, 2.75) is 59.1 Å². The average Bonchev–Trinajstić information content (AvgIpc) is 3.46. The second-order valence-electron chi connectivity index (χ2n) is 9.59. The van der Waals surface area contributed by atoms with Crippen LogP contribution in [0, 0.1) is 18.8 Å². The minimum atomic E-state index is -0.644. The molecule has 3 atom stereocenters. The SMILES string of the molecule is CCCCCOc1ccc(C2=CC[C@H]3[C@@H]2CN(C(=O)OCc2ccccc2)[C@@H]3C(=O)OCC)cc1C. The highest BCUT2D eigenvalue weighted by Crippen LogP contribution is 2.47. The number of esters is 1. The van der Waals surface area contributed by atoms with Gasteiger partial charge in [0.1, 0.15) is 18.4 Å². The van der Waals surface area contributed by atoms with Crippen molar-refractivity contribution in [3.63, 3.8) is 0 Å². The van der Waals surface area contributed by atoms with E-state index in [1.165, 1.54) is 18.4 Å². The zero-order valence-electron chi connectivity index (χ0n) is 21.6. The van der Waals surface area contributed by atoms with E-state index in [0.717, 1.165) is 41.9 Å². The number of likely N-dealkylation sites (tertiary alicyclic amines) is 1. The lowest BCUT2D eigenvalue weighted by atomic mass is 9.87. The molecule has 6 nitrogen and oxygen atoms in total. The van der Waals surface area contributed by atoms with Crippen molar-refractivity contribution < 1.29 is 23.8 Å². The number of hydrogen-bond acceptors (Lipinski definition) is 5. The number of allylic oxidation sites excluding steroid dienone is 1. The van der Waals surface area contributed by atoms with Gasteiger partial charge in [0.05, 0.1) is 13.2 Å². The van der Waals surface area contributed by atoms with Crippen LogP contribution in [0.15, 0.2) is 54.6 Å². The Morgan fingerprint density at radius 2 is 1.83 bits per heavy atom. The van der Waals surface area contributed by atoms with Crippen molar-refractivity contribution in [3.8, 4) is 5.75 Å². The van der Waals surface area contributed by atoms with Crippen molar-refractivity contribution in [2.24, 2.45) is 11.8 Å². The molecule has 6 heteroatoms. The number of rotatable bonds is 10. The Hall–Kier alpha value is -3.28. The predicted octanol–water partition coefficient (Wildman–Crippen LogP) is 6.17. The number of nitrogens with zero attached hydrogens (tertiary/aromatic N) is 1. The monoisotopic (exact) mass is 491 g/mol. The van der Waals surface area contributed by atoms with Crippen LogP contribution in [0.2, 0.25) is 0 Å². The summed E-state index contributed by atoms with van der Waals surface area (Å²) >= 11 is 0. The Kier molecular flexibility index (Phi) is 8.68. The van der Waals surface area contributed by atoms with Gasteiger partial charge in [-0.25, -0.2) is 9.59 Å². The van der Waals surface area contributed by atoms with Crippen LogP contribution in [-0.2, 0) is 20.9 Å². The largest absolute Gasteiger partial charge is 0.493 e. The summed E-state index contributed by atoms with van der Waals surface area (Å²) in [5.74, 6) is 0.586. The summed E-state index contributed by atoms with van der Waals surface area (Å²) in [6.45, 7) is 7.64. The lowest BCUT2D eigenvalue weighted by Gasteiger charge is -2.25. The van der Waals surface area contributed by atoms with Crippen LogP contribution in [0.3, 0.4) is 0 Å². The first-order valence-corrected chi connectivity index (χ1v) is 13.1. The molecule has 1 saturated heterocycles. The van der Waals surface area contributed by atoms with E-state index in [1.54, 1.807) is 11.8 Å². The highest BCUT2D eigenvalue weighted by molar-refractivity contribution is 5.85. The number of aryl methyl sites for hydroxylation is 1. The number of ether oxygens (including phenoxy) is 3. The molecular formula is C30H37NO5. The third-order valence-electron chi connectivity index (χ3n) is 7.14. The van der Waals surface area contributed by atoms with Crippen LogP contribution in [0.25, 0.3) is 5.57 Å². The maximum atomic E-state index is 13.1. The Bertz CT molecular complexity index is 1080. The zero-order valence-corrected chi connectivity index (χ0v) is 21.6. The van der Waals surface area contributed by atoms with Crippen LogP contribution >= 0.6 is 0 Å². The Balaban J connectivity index is 1.48. The van der Waals surface area contributed by atoms with Gasteiger partial charge in [-0.3, -0.25) is 4.90 Å². The van der Waals surface area contributed by atoms with Crippen LogP contribution in [0.4, 0.5) is 4.79 Å². The van der Waals surface area contributed by atoms with E-state index in [-0.39, 0.29) is 31.0 Å². The molecule has 1 aliphatic heterocycles. The third kappa shape index (κ3) is 5.75. The molecule has 0 bridgehead atoms. The van der Waals surface area contributed by atoms with Crippen LogP contribution in [-0.4, -0.2) is 42.8 Å². The van der Waals surface area contributed by atoms with Crippen LogP contribution in [0.1, 0.15) is 56.2 Å². The van der Waals surface area contributed by atoms with E-state index in [9.17, 15) is 9.59 Å². The van der Waals surface area contributed by atoms with E-state index in [0.29, 0.717) is 6.54 Å². The maximum absolute atomic E-state index is 13.1. The lowest BCUT2D eigenvalue weighted by Crippen LogP contribution is -2.44. The number of fused-ring (bicyclic) bond motifs is 1. The second-order valence-corrected chi connectivity index (χ2v) is 9.59. The number of carbonyl (C=O) groups excluding carboxylic acids is 2. The molecule has 0 spiro atoms. The highest BCUT2D eigenvalue weighted by Gasteiger charge is 2.52. The summed E-state index contributed by atoms with van der Waals surface area (Å²) in [5, 5.41) is 0. The molecule has 1 amide bonds. The summed E-state index contributed by atoms with van der Waals surface area (Å²) in [4.78, 5) is 27.6. The molecule has 2 aromatic carbocycles. The first-order chi connectivity index (χ1) is 17.5. The van der Waals surface area contributed by atoms with Gasteiger partial charge in [-0.1, -0.05) is 62.2 Å². The van der Waals surface area contributed by atoms with Crippen LogP contribution < -0.4 is 4.74 Å². The molecule has 4 rings (SSSR count). The predicted molar refractivity (Wildman–Crippen MR) is 140 cm³/mol. The van der Waals surface area contributed by atoms with Gasteiger partial charge in [0.15, 0.2) is 0 Å². The van der Waals surface area contributed by atoms with E-state index in [1.807, 2.05) is 36.4 Å². The summed E-state index contributed by atoms with van der Waals surface area (Å²) in [6, 6.07) is 15.2. The zero-order chi connectivity index (χ0) is 25.5. The van der Waals surface area contributed by atoms with E-state index in [4.69, 9.17) is 14.2 Å². The summed E-state index contributed by atoms with van der Waals surface area (Å²) in [6.07, 6.45) is 5.85. The molecule has 2 aliphatic rings. The highest BCUT2D eigenvalue weighted by atomic mass is 16.6. The molecule has 192 valence electrons. The fraction of sp³-hybridized carbons (Fsp3) is 0.467. The Labute approximate surface area is 214 Å². The fourth-order valence-electron chi connectivity index (χ4n) is 5.33.